The van der Waals surface area contributed by atoms with Crippen LogP contribution >= 0.6 is 0 Å². The Morgan fingerprint density at radius 1 is 1.16 bits per heavy atom. The molecule has 2 N–H and O–H groups in total. The second-order valence-corrected chi connectivity index (χ2v) is 5.75. The first-order valence-corrected chi connectivity index (χ1v) is 7.66. The van der Waals surface area contributed by atoms with Crippen molar-refractivity contribution in [2.24, 2.45) is 11.7 Å². The first-order chi connectivity index (χ1) is 9.22. The summed E-state index contributed by atoms with van der Waals surface area (Å²) in [6.07, 6.45) is 6.74. The molecule has 0 radical (unpaired) electrons. The van der Waals surface area contributed by atoms with Gasteiger partial charge in [0.1, 0.15) is 0 Å². The van der Waals surface area contributed by atoms with E-state index in [1.807, 2.05) is 0 Å². The van der Waals surface area contributed by atoms with E-state index in [1.54, 1.807) is 0 Å². The lowest BCUT2D eigenvalue weighted by Crippen LogP contribution is -2.36. The van der Waals surface area contributed by atoms with Gasteiger partial charge in [0.15, 0.2) is 0 Å². The van der Waals surface area contributed by atoms with Crippen molar-refractivity contribution >= 4 is 0 Å². The third kappa shape index (κ3) is 3.80. The molecule has 2 atom stereocenters. The van der Waals surface area contributed by atoms with E-state index in [-0.39, 0.29) is 12.1 Å². The summed E-state index contributed by atoms with van der Waals surface area (Å²) >= 11 is 0. The number of ether oxygens (including phenoxy) is 1. The van der Waals surface area contributed by atoms with Gasteiger partial charge in [-0.15, -0.1) is 0 Å². The average Bonchev–Trinajstić information content (AvgIpc) is 2.46. The van der Waals surface area contributed by atoms with Crippen LogP contribution in [0.4, 0.5) is 0 Å². The van der Waals surface area contributed by atoms with Crippen molar-refractivity contribution in [1.29, 1.82) is 0 Å². The lowest BCUT2D eigenvalue weighted by atomic mass is 9.81. The van der Waals surface area contributed by atoms with Gasteiger partial charge in [0.05, 0.1) is 12.1 Å². The molecule has 1 fully saturated rings. The minimum absolute atomic E-state index is 0.00338. The van der Waals surface area contributed by atoms with E-state index in [2.05, 4.69) is 38.1 Å². The highest BCUT2D eigenvalue weighted by molar-refractivity contribution is 5.24. The van der Waals surface area contributed by atoms with Gasteiger partial charge in [0.25, 0.3) is 0 Å². The predicted molar refractivity (Wildman–Crippen MR) is 80.1 cm³/mol. The van der Waals surface area contributed by atoms with Crippen LogP contribution in [0.25, 0.3) is 0 Å². The van der Waals surface area contributed by atoms with Gasteiger partial charge in [0.2, 0.25) is 0 Å². The van der Waals surface area contributed by atoms with Gasteiger partial charge in [-0.2, -0.15) is 0 Å². The zero-order chi connectivity index (χ0) is 13.7. The average molecular weight is 261 g/mol. The van der Waals surface area contributed by atoms with Crippen molar-refractivity contribution in [3.05, 3.63) is 35.4 Å². The molecule has 2 rings (SSSR count). The number of hydrogen-bond donors (Lipinski definition) is 1. The van der Waals surface area contributed by atoms with Crippen LogP contribution in [0.3, 0.4) is 0 Å². The van der Waals surface area contributed by atoms with E-state index in [4.69, 9.17) is 10.5 Å². The molecule has 19 heavy (non-hydrogen) atoms. The summed E-state index contributed by atoms with van der Waals surface area (Å²) in [5.74, 6) is 0.630. The van der Waals surface area contributed by atoms with Crippen LogP contribution < -0.4 is 5.73 Å². The topological polar surface area (TPSA) is 35.2 Å². The summed E-state index contributed by atoms with van der Waals surface area (Å²) < 4.78 is 6.00. The van der Waals surface area contributed by atoms with E-state index in [0.29, 0.717) is 5.92 Å². The summed E-state index contributed by atoms with van der Waals surface area (Å²) in [6, 6.07) is 8.57. The van der Waals surface area contributed by atoms with E-state index in [0.717, 1.165) is 6.61 Å². The maximum Gasteiger partial charge on any atom is 0.0795 e. The molecule has 0 heterocycles. The molecule has 2 nitrogen and oxygen atoms in total. The second-order valence-electron chi connectivity index (χ2n) is 5.75. The lowest BCUT2D eigenvalue weighted by molar-refractivity contribution is -0.00985. The molecular formula is C17H27NO. The molecule has 0 aliphatic heterocycles. The highest BCUT2D eigenvalue weighted by Crippen LogP contribution is 2.33. The SMILES string of the molecule is CCOC(C1CCCCC1)C(N)c1ccc(C)cc1. The van der Waals surface area contributed by atoms with E-state index in [1.165, 1.54) is 43.2 Å². The van der Waals surface area contributed by atoms with E-state index >= 15 is 0 Å². The molecule has 1 aliphatic carbocycles. The number of rotatable bonds is 5. The first-order valence-electron chi connectivity index (χ1n) is 7.66. The van der Waals surface area contributed by atoms with Crippen molar-refractivity contribution in [2.45, 2.75) is 58.1 Å². The third-order valence-electron chi connectivity index (χ3n) is 4.29. The summed E-state index contributed by atoms with van der Waals surface area (Å²) in [5.41, 5.74) is 8.96. The maximum absolute atomic E-state index is 6.48. The minimum Gasteiger partial charge on any atom is -0.376 e. The molecule has 2 heteroatoms. The molecule has 1 aromatic rings. The normalized spacial score (nSPS) is 20.2. The molecule has 1 aliphatic rings. The molecule has 1 saturated carbocycles. The summed E-state index contributed by atoms with van der Waals surface area (Å²) in [4.78, 5) is 0. The van der Waals surface area contributed by atoms with Crippen LogP contribution in [0, 0.1) is 12.8 Å². The van der Waals surface area contributed by atoms with E-state index < -0.39 is 0 Å². The summed E-state index contributed by atoms with van der Waals surface area (Å²) in [7, 11) is 0. The Bertz CT molecular complexity index is 367. The van der Waals surface area contributed by atoms with Gasteiger partial charge in [-0.3, -0.25) is 0 Å². The molecular weight excluding hydrogens is 234 g/mol. The van der Waals surface area contributed by atoms with E-state index in [9.17, 15) is 0 Å². The van der Waals surface area contributed by atoms with Gasteiger partial charge in [0, 0.05) is 6.61 Å². The van der Waals surface area contributed by atoms with Crippen molar-refractivity contribution in [3.8, 4) is 0 Å². The van der Waals surface area contributed by atoms with Crippen LogP contribution in [-0.4, -0.2) is 12.7 Å². The first kappa shape index (κ1) is 14.5. The van der Waals surface area contributed by atoms with Gasteiger partial charge in [-0.25, -0.2) is 0 Å². The Labute approximate surface area is 117 Å². The summed E-state index contributed by atoms with van der Waals surface area (Å²) in [6.45, 7) is 4.93. The smallest absolute Gasteiger partial charge is 0.0795 e. The van der Waals surface area contributed by atoms with Crippen LogP contribution in [0.5, 0.6) is 0 Å². The van der Waals surface area contributed by atoms with Crippen molar-refractivity contribution in [3.63, 3.8) is 0 Å². The standard InChI is InChI=1S/C17H27NO/c1-3-19-17(15-7-5-4-6-8-15)16(18)14-11-9-13(2)10-12-14/h9-12,15-17H,3-8,18H2,1-2H3. The molecule has 2 unspecified atom stereocenters. The molecule has 1 aromatic carbocycles. The highest BCUT2D eigenvalue weighted by Gasteiger charge is 2.29. The second kappa shape index (κ2) is 7.06. The molecule has 0 spiro atoms. The maximum atomic E-state index is 6.48. The largest absolute Gasteiger partial charge is 0.376 e. The number of benzene rings is 1. The zero-order valence-electron chi connectivity index (χ0n) is 12.3. The molecule has 0 amide bonds. The zero-order valence-corrected chi connectivity index (χ0v) is 12.3. The Balaban J connectivity index is 2.10. The Kier molecular flexibility index (Phi) is 5.41. The minimum atomic E-state index is 0.00338. The molecule has 106 valence electrons. The number of hydrogen-bond acceptors (Lipinski definition) is 2. The Hall–Kier alpha value is -0.860. The predicted octanol–water partition coefficient (Wildman–Crippen LogP) is 3.98. The Morgan fingerprint density at radius 3 is 2.37 bits per heavy atom. The fraction of sp³-hybridized carbons (Fsp3) is 0.647. The number of nitrogens with two attached hydrogens (primary N) is 1. The third-order valence-corrected chi connectivity index (χ3v) is 4.29. The van der Waals surface area contributed by atoms with Crippen LogP contribution in [-0.2, 0) is 4.74 Å². The van der Waals surface area contributed by atoms with Crippen LogP contribution in [0.2, 0.25) is 0 Å². The van der Waals surface area contributed by atoms with Crippen LogP contribution in [0.1, 0.15) is 56.2 Å². The van der Waals surface area contributed by atoms with Crippen molar-refractivity contribution in [2.75, 3.05) is 6.61 Å². The van der Waals surface area contributed by atoms with Crippen molar-refractivity contribution in [1.82, 2.24) is 0 Å². The van der Waals surface area contributed by atoms with Gasteiger partial charge < -0.3 is 10.5 Å². The van der Waals surface area contributed by atoms with Gasteiger partial charge in [-0.1, -0.05) is 49.1 Å². The summed E-state index contributed by atoms with van der Waals surface area (Å²) in [5, 5.41) is 0. The van der Waals surface area contributed by atoms with Crippen molar-refractivity contribution < 1.29 is 4.74 Å². The lowest BCUT2D eigenvalue weighted by Gasteiger charge is -2.34. The monoisotopic (exact) mass is 261 g/mol. The molecule has 0 aromatic heterocycles. The van der Waals surface area contributed by atoms with Gasteiger partial charge >= 0.3 is 0 Å². The fourth-order valence-electron chi connectivity index (χ4n) is 3.17. The number of aryl methyl sites for hydroxylation is 1. The molecule has 0 saturated heterocycles. The Morgan fingerprint density at radius 2 is 1.79 bits per heavy atom. The fourth-order valence-corrected chi connectivity index (χ4v) is 3.17. The van der Waals surface area contributed by atoms with Crippen LogP contribution in [0.15, 0.2) is 24.3 Å². The molecule has 0 bridgehead atoms. The highest BCUT2D eigenvalue weighted by atomic mass is 16.5. The quantitative estimate of drug-likeness (QED) is 0.870. The van der Waals surface area contributed by atoms with Gasteiger partial charge in [-0.05, 0) is 38.2 Å².